The summed E-state index contributed by atoms with van der Waals surface area (Å²) < 4.78 is 12.7. The van der Waals surface area contributed by atoms with Crippen LogP contribution in [0, 0.1) is 12.7 Å². The molecular weight excluding hydrogens is 133 g/mol. The van der Waals surface area contributed by atoms with Crippen LogP contribution in [0.3, 0.4) is 0 Å². The number of hydrogen-bond acceptors (Lipinski definition) is 2. The van der Waals surface area contributed by atoms with E-state index >= 15 is 0 Å². The predicted octanol–water partition coefficient (Wildman–Crippen LogP) is 1.42. The van der Waals surface area contributed by atoms with Crippen LogP contribution >= 0.6 is 0 Å². The van der Waals surface area contributed by atoms with E-state index in [0.717, 1.165) is 0 Å². The van der Waals surface area contributed by atoms with E-state index in [1.165, 1.54) is 12.1 Å². The molecule has 0 amide bonds. The van der Waals surface area contributed by atoms with Gasteiger partial charge in [-0.3, -0.25) is 0 Å². The van der Waals surface area contributed by atoms with Gasteiger partial charge >= 0.3 is 0 Å². The van der Waals surface area contributed by atoms with E-state index in [2.05, 4.69) is 0 Å². The lowest BCUT2D eigenvalue weighted by Crippen LogP contribution is -1.92. The summed E-state index contributed by atoms with van der Waals surface area (Å²) in [6, 6.07) is 2.84. The average Bonchev–Trinajstić information content (AvgIpc) is 1.93. The van der Waals surface area contributed by atoms with Crippen LogP contribution in [0.15, 0.2) is 12.1 Å². The van der Waals surface area contributed by atoms with E-state index in [1.54, 1.807) is 6.92 Å². The lowest BCUT2D eigenvalue weighted by molar-refractivity contribution is 0.472. The van der Waals surface area contributed by atoms with Gasteiger partial charge in [-0.2, -0.15) is 0 Å². The van der Waals surface area contributed by atoms with Crippen molar-refractivity contribution in [3.8, 4) is 5.75 Å². The van der Waals surface area contributed by atoms with Crippen LogP contribution in [0.4, 0.5) is 10.1 Å². The fourth-order valence-corrected chi connectivity index (χ4v) is 0.692. The maximum atomic E-state index is 12.7. The Bertz CT molecular complexity index is 233. The standard InChI is InChI=1S/C7H8FNO/c1-4-2-3-5(10)7(9)6(4)8/h2-3,10H,9H2,1H3. The smallest absolute Gasteiger partial charge is 0.152 e. The summed E-state index contributed by atoms with van der Waals surface area (Å²) in [7, 11) is 0. The zero-order chi connectivity index (χ0) is 7.72. The summed E-state index contributed by atoms with van der Waals surface area (Å²) in [4.78, 5) is 0. The van der Waals surface area contributed by atoms with Crippen molar-refractivity contribution < 1.29 is 9.50 Å². The van der Waals surface area contributed by atoms with Gasteiger partial charge in [-0.1, -0.05) is 6.07 Å². The normalized spacial score (nSPS) is 9.80. The van der Waals surface area contributed by atoms with E-state index < -0.39 is 5.82 Å². The maximum Gasteiger partial charge on any atom is 0.152 e. The number of nitrogens with two attached hydrogens (primary N) is 1. The summed E-state index contributed by atoms with van der Waals surface area (Å²) in [5.41, 5.74) is 5.42. The molecule has 0 fully saturated rings. The highest BCUT2D eigenvalue weighted by molar-refractivity contribution is 5.54. The van der Waals surface area contributed by atoms with Crippen molar-refractivity contribution in [3.63, 3.8) is 0 Å². The Balaban J connectivity index is 3.34. The second-order valence-electron chi connectivity index (χ2n) is 2.13. The molecule has 0 saturated heterocycles. The molecule has 1 aromatic carbocycles. The van der Waals surface area contributed by atoms with Crippen molar-refractivity contribution in [1.29, 1.82) is 0 Å². The van der Waals surface area contributed by atoms with Gasteiger partial charge in [-0.25, -0.2) is 4.39 Å². The van der Waals surface area contributed by atoms with Crippen LogP contribution in [-0.2, 0) is 0 Å². The minimum Gasteiger partial charge on any atom is -0.506 e. The molecule has 0 aliphatic heterocycles. The van der Waals surface area contributed by atoms with Gasteiger partial charge in [0.2, 0.25) is 0 Å². The number of rotatable bonds is 0. The molecule has 3 N–H and O–H groups in total. The number of hydrogen-bond donors (Lipinski definition) is 2. The molecule has 0 aliphatic rings. The van der Waals surface area contributed by atoms with Gasteiger partial charge in [0, 0.05) is 0 Å². The molecule has 0 saturated carbocycles. The third-order valence-corrected chi connectivity index (χ3v) is 1.35. The Morgan fingerprint density at radius 1 is 1.50 bits per heavy atom. The summed E-state index contributed by atoms with van der Waals surface area (Å²) in [6.45, 7) is 1.59. The lowest BCUT2D eigenvalue weighted by atomic mass is 10.2. The zero-order valence-electron chi connectivity index (χ0n) is 5.56. The molecule has 0 unspecified atom stereocenters. The molecule has 54 valence electrons. The first kappa shape index (κ1) is 6.86. The Kier molecular flexibility index (Phi) is 1.49. The SMILES string of the molecule is Cc1ccc(O)c(N)c1F. The van der Waals surface area contributed by atoms with Crippen LogP contribution in [0.2, 0.25) is 0 Å². The number of phenolic OH excluding ortho intramolecular Hbond substituents is 1. The molecule has 0 bridgehead atoms. The van der Waals surface area contributed by atoms with Gasteiger partial charge < -0.3 is 10.8 Å². The second kappa shape index (κ2) is 2.17. The van der Waals surface area contributed by atoms with Gasteiger partial charge in [0.15, 0.2) is 5.82 Å². The second-order valence-corrected chi connectivity index (χ2v) is 2.13. The molecule has 1 aromatic rings. The van der Waals surface area contributed by atoms with Crippen molar-refractivity contribution in [3.05, 3.63) is 23.5 Å². The quantitative estimate of drug-likeness (QED) is 0.424. The summed E-state index contributed by atoms with van der Waals surface area (Å²) in [6.07, 6.45) is 0. The van der Waals surface area contributed by atoms with Crippen LogP contribution in [0.25, 0.3) is 0 Å². The molecule has 0 radical (unpaired) electrons. The van der Waals surface area contributed by atoms with Gasteiger partial charge in [-0.05, 0) is 18.6 Å². The molecule has 0 heterocycles. The summed E-state index contributed by atoms with van der Waals surface area (Å²) in [5, 5.41) is 8.86. The van der Waals surface area contributed by atoms with Gasteiger partial charge in [0.1, 0.15) is 11.4 Å². The lowest BCUT2D eigenvalue weighted by Gasteiger charge is -2.01. The molecule has 2 nitrogen and oxygen atoms in total. The van der Waals surface area contributed by atoms with Crippen LogP contribution < -0.4 is 5.73 Å². The highest BCUT2D eigenvalue weighted by Crippen LogP contribution is 2.24. The third kappa shape index (κ3) is 0.900. The number of anilines is 1. The minimum atomic E-state index is -0.542. The molecule has 0 aliphatic carbocycles. The Morgan fingerprint density at radius 2 is 2.10 bits per heavy atom. The molecule has 1 rings (SSSR count). The van der Waals surface area contributed by atoms with E-state index in [4.69, 9.17) is 10.8 Å². The fraction of sp³-hybridized carbons (Fsp3) is 0.143. The van der Waals surface area contributed by atoms with Crippen LogP contribution in [-0.4, -0.2) is 5.11 Å². The Hall–Kier alpha value is -1.25. The van der Waals surface area contributed by atoms with Gasteiger partial charge in [-0.15, -0.1) is 0 Å². The average molecular weight is 141 g/mol. The van der Waals surface area contributed by atoms with E-state index in [0.29, 0.717) is 5.56 Å². The van der Waals surface area contributed by atoms with Crippen molar-refractivity contribution in [2.45, 2.75) is 6.92 Å². The molecular formula is C7H8FNO. The Morgan fingerprint density at radius 3 is 2.60 bits per heavy atom. The maximum absolute atomic E-state index is 12.7. The number of benzene rings is 1. The predicted molar refractivity (Wildman–Crippen MR) is 37.2 cm³/mol. The highest BCUT2D eigenvalue weighted by atomic mass is 19.1. The molecule has 0 atom stereocenters. The number of nitrogen functional groups attached to an aromatic ring is 1. The molecule has 3 heteroatoms. The summed E-state index contributed by atoms with van der Waals surface area (Å²) >= 11 is 0. The first-order chi connectivity index (χ1) is 4.63. The first-order valence-electron chi connectivity index (χ1n) is 2.86. The Labute approximate surface area is 58.1 Å². The van der Waals surface area contributed by atoms with Crippen molar-refractivity contribution >= 4 is 5.69 Å². The van der Waals surface area contributed by atoms with Crippen LogP contribution in [0.5, 0.6) is 5.75 Å². The number of aromatic hydroxyl groups is 1. The highest BCUT2D eigenvalue weighted by Gasteiger charge is 2.04. The van der Waals surface area contributed by atoms with Crippen LogP contribution in [0.1, 0.15) is 5.56 Å². The molecule has 10 heavy (non-hydrogen) atoms. The number of phenols is 1. The first-order valence-corrected chi connectivity index (χ1v) is 2.86. The van der Waals surface area contributed by atoms with Crippen molar-refractivity contribution in [2.75, 3.05) is 5.73 Å². The minimum absolute atomic E-state index is 0.181. The van der Waals surface area contributed by atoms with E-state index in [1.807, 2.05) is 0 Å². The van der Waals surface area contributed by atoms with Crippen molar-refractivity contribution in [2.24, 2.45) is 0 Å². The fourth-order valence-electron chi connectivity index (χ4n) is 0.692. The molecule has 0 aromatic heterocycles. The summed E-state index contributed by atoms with van der Waals surface area (Å²) in [5.74, 6) is -0.747. The topological polar surface area (TPSA) is 46.2 Å². The molecule has 0 spiro atoms. The van der Waals surface area contributed by atoms with Crippen molar-refractivity contribution in [1.82, 2.24) is 0 Å². The monoisotopic (exact) mass is 141 g/mol. The van der Waals surface area contributed by atoms with Gasteiger partial charge in [0.05, 0.1) is 0 Å². The van der Waals surface area contributed by atoms with E-state index in [-0.39, 0.29) is 11.4 Å². The van der Waals surface area contributed by atoms with Gasteiger partial charge in [0.25, 0.3) is 0 Å². The number of halogens is 1. The van der Waals surface area contributed by atoms with E-state index in [9.17, 15) is 4.39 Å². The largest absolute Gasteiger partial charge is 0.506 e. The number of aryl methyl sites for hydroxylation is 1. The zero-order valence-corrected chi connectivity index (χ0v) is 5.56. The third-order valence-electron chi connectivity index (χ3n) is 1.35.